The van der Waals surface area contributed by atoms with Crippen LogP contribution in [0.1, 0.15) is 10.4 Å². The van der Waals surface area contributed by atoms with Gasteiger partial charge >= 0.3 is 5.76 Å². The van der Waals surface area contributed by atoms with Gasteiger partial charge in [-0.25, -0.2) is 4.79 Å². The molecule has 6 heteroatoms. The molecule has 2 aromatic heterocycles. The monoisotopic (exact) mass is 307 g/mol. The molecule has 2 N–H and O–H groups in total. The van der Waals surface area contributed by atoms with Gasteiger partial charge in [-0.05, 0) is 24.3 Å². The van der Waals surface area contributed by atoms with Crippen LogP contribution in [0.3, 0.4) is 0 Å². The van der Waals surface area contributed by atoms with Crippen molar-refractivity contribution >= 4 is 33.6 Å². The van der Waals surface area contributed by atoms with Crippen LogP contribution in [-0.4, -0.2) is 15.5 Å². The minimum atomic E-state index is -0.517. The van der Waals surface area contributed by atoms with Crippen molar-refractivity contribution in [3.05, 3.63) is 64.8 Å². The quantitative estimate of drug-likeness (QED) is 0.597. The highest BCUT2D eigenvalue weighted by molar-refractivity contribution is 6.12. The summed E-state index contributed by atoms with van der Waals surface area (Å²) in [6.45, 7) is 0. The molecule has 2 aromatic carbocycles. The number of carbonyl (C=O) groups excluding carboxylic acids is 1. The van der Waals surface area contributed by atoms with Crippen LogP contribution in [0.25, 0.3) is 22.0 Å². The first kappa shape index (κ1) is 13.4. The fraction of sp³-hybridized carbons (Fsp3) is 0.0588. The number of carbonyl (C=O) groups is 1. The minimum absolute atomic E-state index is 0.213. The molecule has 1 amide bonds. The summed E-state index contributed by atoms with van der Waals surface area (Å²) in [5.41, 5.74) is 3.03. The number of para-hydroxylation sites is 1. The lowest BCUT2D eigenvalue weighted by Crippen LogP contribution is -2.13. The predicted molar refractivity (Wildman–Crippen MR) is 87.7 cm³/mol. The number of anilines is 1. The highest BCUT2D eigenvalue weighted by atomic mass is 16.4. The number of hydrogen-bond acceptors (Lipinski definition) is 3. The standard InChI is InChI=1S/C17H13N3O3/c1-20-8-7-10-3-2-4-12(15(10)20)16(21)18-11-5-6-13-14(9-11)23-17(22)19-13/h2-9H,1H3,(H,18,21)(H,19,22). The maximum absolute atomic E-state index is 12.6. The summed E-state index contributed by atoms with van der Waals surface area (Å²) in [5.74, 6) is -0.730. The minimum Gasteiger partial charge on any atom is -0.408 e. The maximum Gasteiger partial charge on any atom is 0.417 e. The second kappa shape index (κ2) is 4.88. The molecule has 23 heavy (non-hydrogen) atoms. The van der Waals surface area contributed by atoms with Crippen LogP contribution in [0.15, 0.2) is 57.9 Å². The molecule has 0 aliphatic heterocycles. The van der Waals surface area contributed by atoms with Crippen molar-refractivity contribution in [2.75, 3.05) is 5.32 Å². The Morgan fingerprint density at radius 3 is 2.96 bits per heavy atom. The summed E-state index contributed by atoms with van der Waals surface area (Å²) in [7, 11) is 1.90. The number of nitrogens with one attached hydrogen (secondary N) is 2. The molecular formula is C17H13N3O3. The number of fused-ring (bicyclic) bond motifs is 2. The van der Waals surface area contributed by atoms with Crippen LogP contribution >= 0.6 is 0 Å². The van der Waals surface area contributed by atoms with E-state index >= 15 is 0 Å². The van der Waals surface area contributed by atoms with Crippen molar-refractivity contribution in [1.82, 2.24) is 9.55 Å². The van der Waals surface area contributed by atoms with Gasteiger partial charge in [0.1, 0.15) is 0 Å². The zero-order valence-electron chi connectivity index (χ0n) is 12.3. The maximum atomic E-state index is 12.6. The Bertz CT molecular complexity index is 1100. The zero-order valence-corrected chi connectivity index (χ0v) is 12.3. The van der Waals surface area contributed by atoms with E-state index in [-0.39, 0.29) is 5.91 Å². The molecule has 4 aromatic rings. The number of hydrogen-bond donors (Lipinski definition) is 2. The van der Waals surface area contributed by atoms with E-state index in [2.05, 4.69) is 10.3 Å². The Morgan fingerprint density at radius 2 is 2.09 bits per heavy atom. The Hall–Kier alpha value is -3.28. The molecular weight excluding hydrogens is 294 g/mol. The Kier molecular flexibility index (Phi) is 2.84. The lowest BCUT2D eigenvalue weighted by Gasteiger charge is -2.08. The SMILES string of the molecule is Cn1ccc2cccc(C(=O)Nc3ccc4[nH]c(=O)oc4c3)c21. The zero-order chi connectivity index (χ0) is 16.0. The molecule has 0 bridgehead atoms. The summed E-state index contributed by atoms with van der Waals surface area (Å²) < 4.78 is 6.92. The fourth-order valence-corrected chi connectivity index (χ4v) is 2.76. The predicted octanol–water partition coefficient (Wildman–Crippen LogP) is 2.87. The molecule has 2 heterocycles. The largest absolute Gasteiger partial charge is 0.417 e. The normalized spacial score (nSPS) is 11.2. The first-order valence-corrected chi connectivity index (χ1v) is 7.10. The van der Waals surface area contributed by atoms with E-state index in [0.29, 0.717) is 22.4 Å². The highest BCUT2D eigenvalue weighted by Crippen LogP contribution is 2.22. The Balaban J connectivity index is 1.73. The average molecular weight is 307 g/mol. The molecule has 0 unspecified atom stereocenters. The molecule has 0 spiro atoms. The van der Waals surface area contributed by atoms with Crippen LogP contribution in [0, 0.1) is 0 Å². The molecule has 0 saturated carbocycles. The number of H-pyrrole nitrogens is 1. The van der Waals surface area contributed by atoms with E-state index in [9.17, 15) is 9.59 Å². The van der Waals surface area contributed by atoms with E-state index in [1.54, 1.807) is 24.3 Å². The van der Waals surface area contributed by atoms with E-state index in [1.165, 1.54) is 0 Å². The first-order valence-electron chi connectivity index (χ1n) is 7.10. The van der Waals surface area contributed by atoms with E-state index < -0.39 is 5.76 Å². The number of aromatic amines is 1. The Morgan fingerprint density at radius 1 is 1.22 bits per heavy atom. The number of aryl methyl sites for hydroxylation is 1. The number of benzene rings is 2. The van der Waals surface area contributed by atoms with Gasteiger partial charge in [0, 0.05) is 30.4 Å². The first-order chi connectivity index (χ1) is 11.1. The van der Waals surface area contributed by atoms with Gasteiger partial charge < -0.3 is 14.3 Å². The van der Waals surface area contributed by atoms with Gasteiger partial charge in [-0.1, -0.05) is 12.1 Å². The molecule has 0 saturated heterocycles. The van der Waals surface area contributed by atoms with Crippen LogP contribution in [-0.2, 0) is 7.05 Å². The van der Waals surface area contributed by atoms with Gasteiger partial charge in [0.05, 0.1) is 16.6 Å². The van der Waals surface area contributed by atoms with Crippen LogP contribution in [0.2, 0.25) is 0 Å². The van der Waals surface area contributed by atoms with Crippen molar-refractivity contribution in [2.45, 2.75) is 0 Å². The average Bonchev–Trinajstić information content (AvgIpc) is 3.09. The molecule has 0 aliphatic carbocycles. The lowest BCUT2D eigenvalue weighted by molar-refractivity contribution is 0.102. The van der Waals surface area contributed by atoms with Crippen molar-refractivity contribution in [3.63, 3.8) is 0 Å². The third-order valence-corrected chi connectivity index (χ3v) is 3.82. The summed E-state index contributed by atoms with van der Waals surface area (Å²) in [6.07, 6.45) is 1.92. The molecule has 0 aliphatic rings. The van der Waals surface area contributed by atoms with Gasteiger partial charge in [-0.2, -0.15) is 0 Å². The summed E-state index contributed by atoms with van der Waals surface area (Å²) in [5, 5.41) is 3.85. The molecule has 0 fully saturated rings. The number of rotatable bonds is 2. The smallest absolute Gasteiger partial charge is 0.408 e. The van der Waals surface area contributed by atoms with Crippen LogP contribution in [0.4, 0.5) is 5.69 Å². The van der Waals surface area contributed by atoms with E-state index in [4.69, 9.17) is 4.42 Å². The second-order valence-electron chi connectivity index (χ2n) is 5.35. The molecule has 4 rings (SSSR count). The van der Waals surface area contributed by atoms with Crippen LogP contribution < -0.4 is 11.1 Å². The van der Waals surface area contributed by atoms with Gasteiger partial charge in [0.15, 0.2) is 5.58 Å². The molecule has 6 nitrogen and oxygen atoms in total. The lowest BCUT2D eigenvalue weighted by atomic mass is 10.1. The van der Waals surface area contributed by atoms with Gasteiger partial charge in [0.2, 0.25) is 0 Å². The summed E-state index contributed by atoms with van der Waals surface area (Å²) >= 11 is 0. The van der Waals surface area contributed by atoms with Crippen molar-refractivity contribution in [3.8, 4) is 0 Å². The number of aromatic nitrogens is 2. The Labute approximate surface area is 130 Å². The number of amides is 1. The second-order valence-corrected chi connectivity index (χ2v) is 5.35. The summed E-state index contributed by atoms with van der Waals surface area (Å²) in [6, 6.07) is 12.6. The third kappa shape index (κ3) is 2.20. The molecule has 0 radical (unpaired) electrons. The van der Waals surface area contributed by atoms with Crippen LogP contribution in [0.5, 0.6) is 0 Å². The van der Waals surface area contributed by atoms with Crippen molar-refractivity contribution in [2.24, 2.45) is 7.05 Å². The van der Waals surface area contributed by atoms with Gasteiger partial charge in [-0.15, -0.1) is 0 Å². The summed E-state index contributed by atoms with van der Waals surface area (Å²) in [4.78, 5) is 26.3. The highest BCUT2D eigenvalue weighted by Gasteiger charge is 2.13. The third-order valence-electron chi connectivity index (χ3n) is 3.82. The number of oxazole rings is 1. The molecule has 114 valence electrons. The molecule has 0 atom stereocenters. The van der Waals surface area contributed by atoms with E-state index in [0.717, 1.165) is 10.9 Å². The van der Waals surface area contributed by atoms with Gasteiger partial charge in [0.25, 0.3) is 5.91 Å². The fourth-order valence-electron chi connectivity index (χ4n) is 2.76. The van der Waals surface area contributed by atoms with Crippen molar-refractivity contribution in [1.29, 1.82) is 0 Å². The van der Waals surface area contributed by atoms with E-state index in [1.807, 2.05) is 36.0 Å². The topological polar surface area (TPSA) is 80.0 Å². The van der Waals surface area contributed by atoms with Crippen molar-refractivity contribution < 1.29 is 9.21 Å². The van der Waals surface area contributed by atoms with Gasteiger partial charge in [-0.3, -0.25) is 9.78 Å². The number of nitrogens with zero attached hydrogens (tertiary/aromatic N) is 1.